The van der Waals surface area contributed by atoms with Crippen molar-refractivity contribution in [2.24, 2.45) is 5.92 Å². The number of hydrogen-bond acceptors (Lipinski definition) is 4. The summed E-state index contributed by atoms with van der Waals surface area (Å²) in [5, 5.41) is 6.94. The molecular formula is C18H22N2O3. The number of benzene rings is 1. The second kappa shape index (κ2) is 7.42. The van der Waals surface area contributed by atoms with Crippen LogP contribution in [0.4, 0.5) is 0 Å². The van der Waals surface area contributed by atoms with Crippen molar-refractivity contribution in [3.8, 4) is 0 Å². The number of ether oxygens (including phenoxy) is 1. The molecule has 1 saturated heterocycles. The average Bonchev–Trinajstić information content (AvgIpc) is 3.19. The Bertz CT molecular complexity index is 660. The first-order valence-electron chi connectivity index (χ1n) is 8.04. The predicted octanol–water partition coefficient (Wildman–Crippen LogP) is 2.27. The Balaban J connectivity index is 1.50. The molecule has 1 N–H and O–H groups in total. The largest absolute Gasteiger partial charge is 0.381 e. The van der Waals surface area contributed by atoms with Gasteiger partial charge < -0.3 is 14.6 Å². The van der Waals surface area contributed by atoms with Crippen molar-refractivity contribution in [3.05, 3.63) is 52.9 Å². The van der Waals surface area contributed by atoms with Gasteiger partial charge in [0.15, 0.2) is 0 Å². The summed E-state index contributed by atoms with van der Waals surface area (Å²) in [7, 11) is 0. The zero-order valence-electron chi connectivity index (χ0n) is 13.4. The molecule has 122 valence electrons. The predicted molar refractivity (Wildman–Crippen MR) is 86.1 cm³/mol. The van der Waals surface area contributed by atoms with Crippen LogP contribution < -0.4 is 5.32 Å². The molecule has 0 spiro atoms. The normalized spacial score (nSPS) is 17.3. The van der Waals surface area contributed by atoms with Crippen LogP contribution in [0, 0.1) is 12.8 Å². The van der Waals surface area contributed by atoms with Gasteiger partial charge in [0, 0.05) is 31.6 Å². The van der Waals surface area contributed by atoms with Crippen LogP contribution in [0.15, 0.2) is 34.9 Å². The van der Waals surface area contributed by atoms with Crippen LogP contribution in [0.25, 0.3) is 0 Å². The van der Waals surface area contributed by atoms with E-state index >= 15 is 0 Å². The van der Waals surface area contributed by atoms with Crippen LogP contribution in [0.2, 0.25) is 0 Å². The summed E-state index contributed by atoms with van der Waals surface area (Å²) >= 11 is 0. The molecule has 1 aliphatic rings. The third-order valence-corrected chi connectivity index (χ3v) is 4.19. The Hall–Kier alpha value is -2.14. The van der Waals surface area contributed by atoms with Crippen molar-refractivity contribution < 1.29 is 14.1 Å². The van der Waals surface area contributed by atoms with E-state index in [0.29, 0.717) is 24.6 Å². The smallest absolute Gasteiger partial charge is 0.226 e. The van der Waals surface area contributed by atoms with E-state index in [1.54, 1.807) is 0 Å². The van der Waals surface area contributed by atoms with Gasteiger partial charge in [-0.2, -0.15) is 0 Å². The van der Waals surface area contributed by atoms with E-state index in [1.165, 1.54) is 11.1 Å². The van der Waals surface area contributed by atoms with E-state index in [9.17, 15) is 4.79 Å². The van der Waals surface area contributed by atoms with Gasteiger partial charge in [0.2, 0.25) is 5.91 Å². The number of hydrogen-bond donors (Lipinski definition) is 1. The summed E-state index contributed by atoms with van der Waals surface area (Å²) < 4.78 is 10.7. The Labute approximate surface area is 136 Å². The van der Waals surface area contributed by atoms with E-state index in [4.69, 9.17) is 9.26 Å². The summed E-state index contributed by atoms with van der Waals surface area (Å²) in [6.45, 7) is 4.29. The first-order valence-corrected chi connectivity index (χ1v) is 8.04. The van der Waals surface area contributed by atoms with Gasteiger partial charge in [-0.05, 0) is 24.5 Å². The summed E-state index contributed by atoms with van der Waals surface area (Å²) in [6.07, 6.45) is 1.97. The molecule has 3 rings (SSSR count). The molecular weight excluding hydrogens is 292 g/mol. The van der Waals surface area contributed by atoms with Crippen LogP contribution in [0.3, 0.4) is 0 Å². The molecule has 2 heterocycles. The summed E-state index contributed by atoms with van der Waals surface area (Å²) in [6, 6.07) is 10.1. The molecule has 1 amide bonds. The molecule has 1 atom stereocenters. The van der Waals surface area contributed by atoms with Crippen molar-refractivity contribution in [1.82, 2.24) is 10.5 Å². The highest BCUT2D eigenvalue weighted by atomic mass is 16.5. The van der Waals surface area contributed by atoms with Gasteiger partial charge in [-0.25, -0.2) is 0 Å². The number of amides is 1. The minimum absolute atomic E-state index is 0.0207. The fourth-order valence-corrected chi connectivity index (χ4v) is 2.75. The molecule has 23 heavy (non-hydrogen) atoms. The maximum Gasteiger partial charge on any atom is 0.226 e. The number of nitrogens with one attached hydrogen (secondary N) is 1. The van der Waals surface area contributed by atoms with Crippen LogP contribution in [-0.2, 0) is 22.4 Å². The maximum atomic E-state index is 12.0. The van der Waals surface area contributed by atoms with Crippen LogP contribution >= 0.6 is 0 Å². The first-order chi connectivity index (χ1) is 11.2. The molecule has 1 fully saturated rings. The molecule has 0 bridgehead atoms. The zero-order valence-corrected chi connectivity index (χ0v) is 13.4. The quantitative estimate of drug-likeness (QED) is 0.888. The fraction of sp³-hybridized carbons (Fsp3) is 0.444. The number of nitrogens with zero attached hydrogens (tertiary/aromatic N) is 1. The van der Waals surface area contributed by atoms with Gasteiger partial charge in [-0.3, -0.25) is 4.79 Å². The maximum absolute atomic E-state index is 12.0. The Kier molecular flexibility index (Phi) is 5.08. The van der Waals surface area contributed by atoms with Gasteiger partial charge in [0.05, 0.1) is 18.7 Å². The molecule has 0 saturated carbocycles. The van der Waals surface area contributed by atoms with Gasteiger partial charge >= 0.3 is 0 Å². The van der Waals surface area contributed by atoms with Crippen molar-refractivity contribution in [3.63, 3.8) is 0 Å². The highest BCUT2D eigenvalue weighted by molar-refractivity contribution is 5.78. The summed E-state index contributed by atoms with van der Waals surface area (Å²) in [5.74, 6) is 1.20. The zero-order chi connectivity index (χ0) is 16.1. The number of aromatic nitrogens is 1. The standard InChI is InChI=1S/C18H22N2O3/c1-13-4-2-3-5-15(13)8-17-9-16(20-23-17)10-18(21)19-11-14-6-7-22-12-14/h2-5,9,14H,6-8,10-12H2,1H3,(H,19,21). The second-order valence-electron chi connectivity index (χ2n) is 6.10. The van der Waals surface area contributed by atoms with Crippen molar-refractivity contribution in [2.45, 2.75) is 26.2 Å². The van der Waals surface area contributed by atoms with Gasteiger partial charge in [-0.1, -0.05) is 29.4 Å². The molecule has 1 aromatic heterocycles. The minimum atomic E-state index is -0.0207. The third kappa shape index (κ3) is 4.42. The molecule has 5 nitrogen and oxygen atoms in total. The van der Waals surface area contributed by atoms with E-state index in [-0.39, 0.29) is 12.3 Å². The minimum Gasteiger partial charge on any atom is -0.381 e. The Morgan fingerprint density at radius 2 is 2.26 bits per heavy atom. The summed E-state index contributed by atoms with van der Waals surface area (Å²) in [4.78, 5) is 12.0. The van der Waals surface area contributed by atoms with Gasteiger partial charge in [-0.15, -0.1) is 0 Å². The number of rotatable bonds is 6. The molecule has 0 aliphatic carbocycles. The lowest BCUT2D eigenvalue weighted by Gasteiger charge is -2.08. The highest BCUT2D eigenvalue weighted by Crippen LogP contribution is 2.15. The van der Waals surface area contributed by atoms with Crippen molar-refractivity contribution in [2.75, 3.05) is 19.8 Å². The van der Waals surface area contributed by atoms with Crippen LogP contribution in [-0.4, -0.2) is 30.8 Å². The van der Waals surface area contributed by atoms with E-state index in [1.807, 2.05) is 18.2 Å². The molecule has 5 heteroatoms. The van der Waals surface area contributed by atoms with Gasteiger partial charge in [0.25, 0.3) is 0 Å². The molecule has 1 aromatic carbocycles. The second-order valence-corrected chi connectivity index (χ2v) is 6.10. The van der Waals surface area contributed by atoms with Crippen LogP contribution in [0.5, 0.6) is 0 Å². The highest BCUT2D eigenvalue weighted by Gasteiger charge is 2.17. The lowest BCUT2D eigenvalue weighted by Crippen LogP contribution is -2.30. The van der Waals surface area contributed by atoms with Gasteiger partial charge in [0.1, 0.15) is 5.76 Å². The lowest BCUT2D eigenvalue weighted by atomic mass is 10.0. The van der Waals surface area contributed by atoms with E-state index < -0.39 is 0 Å². The van der Waals surface area contributed by atoms with E-state index in [2.05, 4.69) is 29.5 Å². The Morgan fingerprint density at radius 3 is 3.04 bits per heavy atom. The lowest BCUT2D eigenvalue weighted by molar-refractivity contribution is -0.120. The SMILES string of the molecule is Cc1ccccc1Cc1cc(CC(=O)NCC2CCOC2)no1. The van der Waals surface area contributed by atoms with E-state index in [0.717, 1.165) is 25.4 Å². The third-order valence-electron chi connectivity index (χ3n) is 4.19. The van der Waals surface area contributed by atoms with Crippen molar-refractivity contribution >= 4 is 5.91 Å². The molecule has 0 radical (unpaired) electrons. The van der Waals surface area contributed by atoms with Crippen LogP contribution in [0.1, 0.15) is 29.0 Å². The number of aryl methyl sites for hydroxylation is 1. The number of carbonyl (C=O) groups excluding carboxylic acids is 1. The topological polar surface area (TPSA) is 64.4 Å². The average molecular weight is 314 g/mol. The number of carbonyl (C=O) groups is 1. The Morgan fingerprint density at radius 1 is 1.39 bits per heavy atom. The molecule has 2 aromatic rings. The monoisotopic (exact) mass is 314 g/mol. The van der Waals surface area contributed by atoms with Crippen molar-refractivity contribution in [1.29, 1.82) is 0 Å². The first kappa shape index (κ1) is 15.7. The molecule has 1 aliphatic heterocycles. The molecule has 1 unspecified atom stereocenters. The fourth-order valence-electron chi connectivity index (χ4n) is 2.75. The summed E-state index contributed by atoms with van der Waals surface area (Å²) in [5.41, 5.74) is 3.11.